The smallest absolute Gasteiger partial charge is 0.221 e. The minimum absolute atomic E-state index is 0.00321. The highest BCUT2D eigenvalue weighted by Crippen LogP contribution is 2.13. The van der Waals surface area contributed by atoms with Crippen LogP contribution in [0.15, 0.2) is 18.2 Å². The van der Waals surface area contributed by atoms with Gasteiger partial charge in [-0.2, -0.15) is 0 Å². The summed E-state index contributed by atoms with van der Waals surface area (Å²) in [5.41, 5.74) is 3.19. The highest BCUT2D eigenvalue weighted by molar-refractivity contribution is 6.18. The van der Waals surface area contributed by atoms with Crippen LogP contribution in [0.3, 0.4) is 0 Å². The van der Waals surface area contributed by atoms with Gasteiger partial charge in [-0.15, -0.1) is 11.6 Å². The molecule has 0 atom stereocenters. The van der Waals surface area contributed by atoms with E-state index in [4.69, 9.17) is 11.6 Å². The number of hydrogen-bond donors (Lipinski definition) is 2. The van der Waals surface area contributed by atoms with Crippen molar-refractivity contribution in [1.82, 2.24) is 15.3 Å². The van der Waals surface area contributed by atoms with Crippen molar-refractivity contribution < 1.29 is 4.79 Å². The zero-order valence-corrected chi connectivity index (χ0v) is 11.0. The second-order valence-corrected chi connectivity index (χ2v) is 4.59. The fraction of sp³-hybridized carbons (Fsp3) is 0.385. The summed E-state index contributed by atoms with van der Waals surface area (Å²) in [6, 6.07) is 6.11. The number of hydrogen-bond acceptors (Lipinski definition) is 2. The summed E-state index contributed by atoms with van der Waals surface area (Å²) >= 11 is 5.49. The number of aromatic amines is 1. The minimum atomic E-state index is 0.00321. The number of aryl methyl sites for hydroxylation is 1. The van der Waals surface area contributed by atoms with E-state index in [2.05, 4.69) is 21.4 Å². The third-order valence-corrected chi connectivity index (χ3v) is 2.91. The van der Waals surface area contributed by atoms with Crippen LogP contribution in [-0.2, 0) is 11.2 Å². The van der Waals surface area contributed by atoms with E-state index in [1.165, 1.54) is 5.56 Å². The van der Waals surface area contributed by atoms with Crippen LogP contribution in [0.4, 0.5) is 0 Å². The number of nitrogens with one attached hydrogen (secondary N) is 2. The van der Waals surface area contributed by atoms with Gasteiger partial charge in [-0.05, 0) is 31.0 Å². The maximum absolute atomic E-state index is 11.2. The Kier molecular flexibility index (Phi) is 4.20. The first-order valence-electron chi connectivity index (χ1n) is 5.97. The number of aromatic nitrogens is 2. The molecule has 0 aliphatic rings. The van der Waals surface area contributed by atoms with Gasteiger partial charge in [-0.1, -0.05) is 6.07 Å². The van der Waals surface area contributed by atoms with Gasteiger partial charge in [0.2, 0.25) is 5.91 Å². The Bertz CT molecular complexity index is 550. The first-order chi connectivity index (χ1) is 8.69. The standard InChI is InChI=1S/C13H16ClN3O/c1-9-16-11-3-2-10(8-12(11)17-9)5-7-15-13(18)4-6-14/h2-3,8H,4-7H2,1H3,(H,15,18)(H,16,17). The molecule has 0 fully saturated rings. The number of fused-ring (bicyclic) bond motifs is 1. The summed E-state index contributed by atoms with van der Waals surface area (Å²) < 4.78 is 0. The van der Waals surface area contributed by atoms with E-state index < -0.39 is 0 Å². The SMILES string of the molecule is Cc1nc2ccc(CCNC(=O)CCCl)cc2[nH]1. The molecule has 4 nitrogen and oxygen atoms in total. The molecule has 18 heavy (non-hydrogen) atoms. The van der Waals surface area contributed by atoms with Crippen molar-refractivity contribution in [3.63, 3.8) is 0 Å². The number of imidazole rings is 1. The first-order valence-corrected chi connectivity index (χ1v) is 6.50. The Balaban J connectivity index is 1.93. The van der Waals surface area contributed by atoms with E-state index in [-0.39, 0.29) is 5.91 Å². The molecular weight excluding hydrogens is 250 g/mol. The molecule has 1 heterocycles. The fourth-order valence-corrected chi connectivity index (χ4v) is 2.03. The van der Waals surface area contributed by atoms with Gasteiger partial charge in [-0.3, -0.25) is 4.79 Å². The lowest BCUT2D eigenvalue weighted by Crippen LogP contribution is -2.25. The number of carbonyl (C=O) groups is 1. The molecule has 0 saturated carbocycles. The third kappa shape index (κ3) is 3.23. The lowest BCUT2D eigenvalue weighted by Gasteiger charge is -2.04. The van der Waals surface area contributed by atoms with Crippen LogP contribution < -0.4 is 5.32 Å². The molecule has 2 aromatic rings. The van der Waals surface area contributed by atoms with Gasteiger partial charge in [0.1, 0.15) is 5.82 Å². The quantitative estimate of drug-likeness (QED) is 0.814. The van der Waals surface area contributed by atoms with Gasteiger partial charge in [-0.25, -0.2) is 4.98 Å². The van der Waals surface area contributed by atoms with Gasteiger partial charge in [0, 0.05) is 18.8 Å². The molecule has 5 heteroatoms. The molecule has 96 valence electrons. The topological polar surface area (TPSA) is 57.8 Å². The predicted octanol–water partition coefficient (Wildman–Crippen LogP) is 2.16. The zero-order valence-electron chi connectivity index (χ0n) is 10.3. The molecule has 0 unspecified atom stereocenters. The van der Waals surface area contributed by atoms with Crippen molar-refractivity contribution in [2.75, 3.05) is 12.4 Å². The molecule has 0 spiro atoms. The largest absolute Gasteiger partial charge is 0.356 e. The van der Waals surface area contributed by atoms with Crippen LogP contribution in [0.1, 0.15) is 17.8 Å². The van der Waals surface area contributed by atoms with Crippen LogP contribution >= 0.6 is 11.6 Å². The van der Waals surface area contributed by atoms with E-state index in [0.29, 0.717) is 18.8 Å². The molecule has 0 bridgehead atoms. The van der Waals surface area contributed by atoms with Gasteiger partial charge in [0.05, 0.1) is 11.0 Å². The van der Waals surface area contributed by atoms with E-state index in [1.807, 2.05) is 19.1 Å². The average Bonchev–Trinajstić information content (AvgIpc) is 2.69. The molecule has 1 amide bonds. The van der Waals surface area contributed by atoms with Crippen molar-refractivity contribution >= 4 is 28.5 Å². The van der Waals surface area contributed by atoms with E-state index in [9.17, 15) is 4.79 Å². The zero-order chi connectivity index (χ0) is 13.0. The van der Waals surface area contributed by atoms with Crippen LogP contribution in [-0.4, -0.2) is 28.3 Å². The summed E-state index contributed by atoms with van der Waals surface area (Å²) in [7, 11) is 0. The molecule has 0 radical (unpaired) electrons. The van der Waals surface area contributed by atoms with E-state index in [0.717, 1.165) is 23.3 Å². The van der Waals surface area contributed by atoms with Crippen molar-refractivity contribution in [2.45, 2.75) is 19.8 Å². The Morgan fingerprint density at radius 3 is 3.11 bits per heavy atom. The Labute approximate surface area is 111 Å². The van der Waals surface area contributed by atoms with Gasteiger partial charge >= 0.3 is 0 Å². The normalized spacial score (nSPS) is 10.8. The summed E-state index contributed by atoms with van der Waals surface area (Å²) in [6.07, 6.45) is 1.18. The van der Waals surface area contributed by atoms with E-state index in [1.54, 1.807) is 0 Å². The number of benzene rings is 1. The van der Waals surface area contributed by atoms with Gasteiger partial charge in [0.25, 0.3) is 0 Å². The number of carbonyl (C=O) groups excluding carboxylic acids is 1. The summed E-state index contributed by atoms with van der Waals surface area (Å²) in [6.45, 7) is 2.57. The van der Waals surface area contributed by atoms with Crippen molar-refractivity contribution in [1.29, 1.82) is 0 Å². The molecule has 1 aromatic heterocycles. The molecule has 0 aliphatic heterocycles. The highest BCUT2D eigenvalue weighted by atomic mass is 35.5. The summed E-state index contributed by atoms with van der Waals surface area (Å²) in [4.78, 5) is 18.8. The number of H-pyrrole nitrogens is 1. The van der Waals surface area contributed by atoms with Gasteiger partial charge < -0.3 is 10.3 Å². The maximum atomic E-state index is 11.2. The Hall–Kier alpha value is -1.55. The first kappa shape index (κ1) is 12.9. The molecule has 2 rings (SSSR count). The monoisotopic (exact) mass is 265 g/mol. The Morgan fingerprint density at radius 2 is 2.33 bits per heavy atom. The lowest BCUT2D eigenvalue weighted by atomic mass is 10.1. The van der Waals surface area contributed by atoms with Crippen molar-refractivity contribution in [2.24, 2.45) is 0 Å². The number of amides is 1. The molecular formula is C13H16ClN3O. The lowest BCUT2D eigenvalue weighted by molar-refractivity contribution is -0.120. The van der Waals surface area contributed by atoms with Crippen LogP contribution in [0.25, 0.3) is 11.0 Å². The van der Waals surface area contributed by atoms with Crippen molar-refractivity contribution in [3.8, 4) is 0 Å². The number of rotatable bonds is 5. The van der Waals surface area contributed by atoms with Crippen LogP contribution in [0.5, 0.6) is 0 Å². The average molecular weight is 266 g/mol. The molecule has 0 saturated heterocycles. The maximum Gasteiger partial charge on any atom is 0.221 e. The highest BCUT2D eigenvalue weighted by Gasteiger charge is 2.02. The minimum Gasteiger partial charge on any atom is -0.356 e. The van der Waals surface area contributed by atoms with E-state index >= 15 is 0 Å². The number of nitrogens with zero attached hydrogens (tertiary/aromatic N) is 1. The second-order valence-electron chi connectivity index (χ2n) is 4.21. The molecule has 0 aliphatic carbocycles. The molecule has 1 aromatic carbocycles. The predicted molar refractivity (Wildman–Crippen MR) is 72.9 cm³/mol. The Morgan fingerprint density at radius 1 is 1.50 bits per heavy atom. The third-order valence-electron chi connectivity index (χ3n) is 2.72. The second kappa shape index (κ2) is 5.87. The summed E-state index contributed by atoms with van der Waals surface area (Å²) in [5.74, 6) is 1.28. The number of halogens is 1. The number of alkyl halides is 1. The van der Waals surface area contributed by atoms with Crippen LogP contribution in [0.2, 0.25) is 0 Å². The summed E-state index contributed by atoms with van der Waals surface area (Å²) in [5, 5.41) is 2.84. The fourth-order valence-electron chi connectivity index (χ4n) is 1.86. The molecule has 2 N–H and O–H groups in total. The van der Waals surface area contributed by atoms with Gasteiger partial charge in [0.15, 0.2) is 0 Å². The van der Waals surface area contributed by atoms with Crippen LogP contribution in [0, 0.1) is 6.92 Å². The van der Waals surface area contributed by atoms with Crippen molar-refractivity contribution in [3.05, 3.63) is 29.6 Å².